The van der Waals surface area contributed by atoms with Gasteiger partial charge in [0.15, 0.2) is 0 Å². The van der Waals surface area contributed by atoms with Crippen molar-refractivity contribution in [2.75, 3.05) is 0 Å². The first-order valence-corrected chi connectivity index (χ1v) is 8.77. The zero-order valence-corrected chi connectivity index (χ0v) is 14.4. The molecule has 2 aromatic rings. The van der Waals surface area contributed by atoms with Gasteiger partial charge in [0.05, 0.1) is 11.8 Å². The van der Waals surface area contributed by atoms with Crippen LogP contribution in [-0.4, -0.2) is 20.4 Å². The van der Waals surface area contributed by atoms with E-state index in [-0.39, 0.29) is 17.5 Å². The second-order valence-corrected chi connectivity index (χ2v) is 7.18. The number of aromatic nitrogens is 2. The molecule has 0 bridgehead atoms. The second kappa shape index (κ2) is 6.64. The molecule has 3 rings (SSSR count). The Bertz CT molecular complexity index is 893. The lowest BCUT2D eigenvalue weighted by Crippen LogP contribution is -2.33. The molecule has 0 spiro atoms. The van der Waals surface area contributed by atoms with Crippen molar-refractivity contribution in [3.05, 3.63) is 48.3 Å². The molecule has 8 heteroatoms. The van der Waals surface area contributed by atoms with Crippen molar-refractivity contribution in [1.29, 1.82) is 0 Å². The molecule has 0 saturated carbocycles. The van der Waals surface area contributed by atoms with Gasteiger partial charge in [-0.25, -0.2) is 4.79 Å². The lowest BCUT2D eigenvalue weighted by atomic mass is 10.1. The standard InChI is InChI=1S/C16H20N4O3S/c1-3-4-7-20-15(22)13(14(21)17-16(20)23)11-8-10(18-19-11)12-6-5-9(2)24-12/h5-6,10,18,22H,3-4,7-8H2,1-2H3,(H,17,21,23)/t10-/m1/s1. The van der Waals surface area contributed by atoms with E-state index in [1.807, 2.05) is 26.0 Å². The molecule has 1 aliphatic rings. The minimum absolute atomic E-state index is 0.0199. The zero-order chi connectivity index (χ0) is 17.3. The predicted molar refractivity (Wildman–Crippen MR) is 94.0 cm³/mol. The maximum atomic E-state index is 12.2. The number of nitrogens with zero attached hydrogens (tertiary/aromatic N) is 2. The van der Waals surface area contributed by atoms with E-state index in [1.165, 1.54) is 9.44 Å². The molecule has 0 fully saturated rings. The fraction of sp³-hybridized carbons (Fsp3) is 0.438. The summed E-state index contributed by atoms with van der Waals surface area (Å²) in [5.74, 6) is -0.305. The summed E-state index contributed by atoms with van der Waals surface area (Å²) in [5, 5.41) is 14.7. The summed E-state index contributed by atoms with van der Waals surface area (Å²) in [6.07, 6.45) is 2.10. The molecule has 1 aliphatic heterocycles. The van der Waals surface area contributed by atoms with Gasteiger partial charge >= 0.3 is 5.69 Å². The van der Waals surface area contributed by atoms with E-state index < -0.39 is 11.2 Å². The van der Waals surface area contributed by atoms with Crippen molar-refractivity contribution in [3.63, 3.8) is 0 Å². The number of hydrogen-bond acceptors (Lipinski definition) is 6. The van der Waals surface area contributed by atoms with E-state index in [9.17, 15) is 14.7 Å². The van der Waals surface area contributed by atoms with Crippen molar-refractivity contribution in [1.82, 2.24) is 15.0 Å². The largest absolute Gasteiger partial charge is 0.494 e. The van der Waals surface area contributed by atoms with E-state index in [4.69, 9.17) is 0 Å². The summed E-state index contributed by atoms with van der Waals surface area (Å²) in [4.78, 5) is 28.7. The van der Waals surface area contributed by atoms with Crippen LogP contribution in [0.2, 0.25) is 0 Å². The van der Waals surface area contributed by atoms with Crippen molar-refractivity contribution in [2.45, 2.75) is 45.7 Å². The number of thiophene rings is 1. The number of nitrogens with one attached hydrogen (secondary N) is 2. The molecule has 0 radical (unpaired) electrons. The van der Waals surface area contributed by atoms with Crippen LogP contribution in [0.4, 0.5) is 0 Å². The van der Waals surface area contributed by atoms with E-state index in [0.29, 0.717) is 18.7 Å². The molecular weight excluding hydrogens is 328 g/mol. The van der Waals surface area contributed by atoms with Crippen LogP contribution in [0.5, 0.6) is 5.88 Å². The Morgan fingerprint density at radius 1 is 1.42 bits per heavy atom. The van der Waals surface area contributed by atoms with Crippen LogP contribution in [0.3, 0.4) is 0 Å². The number of aromatic amines is 1. The lowest BCUT2D eigenvalue weighted by Gasteiger charge is -2.11. The van der Waals surface area contributed by atoms with Crippen molar-refractivity contribution >= 4 is 17.0 Å². The van der Waals surface area contributed by atoms with Gasteiger partial charge in [-0.05, 0) is 25.5 Å². The number of rotatable bonds is 5. The highest BCUT2D eigenvalue weighted by Gasteiger charge is 2.27. The first-order chi connectivity index (χ1) is 11.5. The van der Waals surface area contributed by atoms with Crippen LogP contribution in [0.1, 0.15) is 47.5 Å². The Balaban J connectivity index is 1.92. The highest BCUT2D eigenvalue weighted by molar-refractivity contribution is 7.12. The van der Waals surface area contributed by atoms with Gasteiger partial charge in [-0.1, -0.05) is 13.3 Å². The van der Waals surface area contributed by atoms with Gasteiger partial charge in [0.25, 0.3) is 5.56 Å². The molecule has 128 valence electrons. The van der Waals surface area contributed by atoms with E-state index >= 15 is 0 Å². The Labute approximate surface area is 142 Å². The SMILES string of the molecule is CCCCn1c(O)c(C2=NN[C@@H](c3ccc(C)s3)C2)c(=O)[nH]c1=O. The molecule has 7 nitrogen and oxygen atoms in total. The number of hydrazone groups is 1. The number of aromatic hydroxyl groups is 1. The summed E-state index contributed by atoms with van der Waals surface area (Å²) < 4.78 is 1.20. The first kappa shape index (κ1) is 16.5. The zero-order valence-electron chi connectivity index (χ0n) is 13.6. The molecule has 0 aromatic carbocycles. The number of hydrogen-bond donors (Lipinski definition) is 3. The van der Waals surface area contributed by atoms with Gasteiger partial charge in [0, 0.05) is 22.7 Å². The summed E-state index contributed by atoms with van der Waals surface area (Å²) in [5.41, 5.74) is 2.37. The lowest BCUT2D eigenvalue weighted by molar-refractivity contribution is 0.394. The fourth-order valence-electron chi connectivity index (χ4n) is 2.75. The molecule has 3 heterocycles. The van der Waals surface area contributed by atoms with Crippen molar-refractivity contribution in [2.24, 2.45) is 5.10 Å². The number of H-pyrrole nitrogens is 1. The molecule has 0 amide bonds. The third-order valence-electron chi connectivity index (χ3n) is 4.05. The molecule has 2 aromatic heterocycles. The highest BCUT2D eigenvalue weighted by Crippen LogP contribution is 2.30. The van der Waals surface area contributed by atoms with Gasteiger partial charge in [-0.2, -0.15) is 5.10 Å². The predicted octanol–water partition coefficient (Wildman–Crippen LogP) is 1.85. The quantitative estimate of drug-likeness (QED) is 0.768. The van der Waals surface area contributed by atoms with Crippen LogP contribution in [-0.2, 0) is 6.54 Å². The maximum Gasteiger partial charge on any atom is 0.331 e. The maximum absolute atomic E-state index is 12.2. The smallest absolute Gasteiger partial charge is 0.331 e. The van der Waals surface area contributed by atoms with Crippen molar-refractivity contribution in [3.8, 4) is 5.88 Å². The highest BCUT2D eigenvalue weighted by atomic mass is 32.1. The molecule has 0 saturated heterocycles. The van der Waals surface area contributed by atoms with Crippen LogP contribution in [0.15, 0.2) is 26.8 Å². The number of unbranched alkanes of at least 4 members (excludes halogenated alkanes) is 1. The van der Waals surface area contributed by atoms with Gasteiger partial charge in [-0.3, -0.25) is 14.3 Å². The minimum Gasteiger partial charge on any atom is -0.494 e. The minimum atomic E-state index is -0.603. The topological polar surface area (TPSA) is 99.5 Å². The van der Waals surface area contributed by atoms with Crippen molar-refractivity contribution < 1.29 is 5.11 Å². The second-order valence-electron chi connectivity index (χ2n) is 5.86. The molecule has 0 aliphatic carbocycles. The first-order valence-electron chi connectivity index (χ1n) is 7.96. The van der Waals surface area contributed by atoms with E-state index in [0.717, 1.165) is 17.7 Å². The van der Waals surface area contributed by atoms with Gasteiger partial charge in [0.2, 0.25) is 5.88 Å². The molecule has 3 N–H and O–H groups in total. The Hall–Kier alpha value is -2.35. The molecule has 24 heavy (non-hydrogen) atoms. The summed E-state index contributed by atoms with van der Waals surface area (Å²) >= 11 is 1.67. The van der Waals surface area contributed by atoms with Crippen LogP contribution in [0, 0.1) is 6.92 Å². The molecule has 1 atom stereocenters. The fourth-order valence-corrected chi connectivity index (χ4v) is 3.67. The third-order valence-corrected chi connectivity index (χ3v) is 5.17. The van der Waals surface area contributed by atoms with E-state index in [2.05, 4.69) is 15.5 Å². The normalized spacial score (nSPS) is 16.9. The Morgan fingerprint density at radius 2 is 2.21 bits per heavy atom. The summed E-state index contributed by atoms with van der Waals surface area (Å²) in [7, 11) is 0. The molecule has 0 unspecified atom stereocenters. The monoisotopic (exact) mass is 348 g/mol. The number of aryl methyl sites for hydroxylation is 1. The average molecular weight is 348 g/mol. The van der Waals surface area contributed by atoms with Gasteiger partial charge in [0.1, 0.15) is 5.56 Å². The summed E-state index contributed by atoms with van der Waals surface area (Å²) in [6.45, 7) is 4.39. The van der Waals surface area contributed by atoms with Crippen LogP contribution >= 0.6 is 11.3 Å². The summed E-state index contributed by atoms with van der Waals surface area (Å²) in [6, 6.07) is 4.05. The van der Waals surface area contributed by atoms with Crippen LogP contribution < -0.4 is 16.7 Å². The Kier molecular flexibility index (Phi) is 4.57. The van der Waals surface area contributed by atoms with Gasteiger partial charge in [-0.15, -0.1) is 11.3 Å². The third kappa shape index (κ3) is 3.01. The average Bonchev–Trinajstić information content (AvgIpc) is 3.16. The van der Waals surface area contributed by atoms with Crippen LogP contribution in [0.25, 0.3) is 0 Å². The Morgan fingerprint density at radius 3 is 2.88 bits per heavy atom. The van der Waals surface area contributed by atoms with E-state index in [1.54, 1.807) is 11.3 Å². The molecular formula is C16H20N4O3S. The van der Waals surface area contributed by atoms with Gasteiger partial charge < -0.3 is 10.5 Å².